The molecule has 1 unspecified atom stereocenters. The van der Waals surface area contributed by atoms with E-state index < -0.39 is 0 Å². The van der Waals surface area contributed by atoms with E-state index in [1.807, 2.05) is 3.93 Å². The molecule has 0 spiro atoms. The van der Waals surface area contributed by atoms with E-state index in [0.29, 0.717) is 37.7 Å². The third kappa shape index (κ3) is 5.14. The minimum absolute atomic E-state index is 0.00723. The summed E-state index contributed by atoms with van der Waals surface area (Å²) in [7, 11) is 0. The Kier molecular flexibility index (Phi) is 7.90. The summed E-state index contributed by atoms with van der Waals surface area (Å²) in [4.78, 5) is 11.2. The Bertz CT molecular complexity index is 543. The molecule has 1 aromatic carbocycles. The van der Waals surface area contributed by atoms with E-state index in [4.69, 9.17) is 14.6 Å². The number of aliphatic hydroxyl groups excluding tert-OH is 1. The van der Waals surface area contributed by atoms with Crippen molar-refractivity contribution in [2.24, 2.45) is 0 Å². The Hall–Kier alpha value is -1.22. The zero-order valence-corrected chi connectivity index (χ0v) is 15.1. The summed E-state index contributed by atoms with van der Waals surface area (Å²) in [5, 5.41) is 20.3. The molecule has 1 aromatic rings. The van der Waals surface area contributed by atoms with Crippen LogP contribution in [0.25, 0.3) is 0 Å². The number of nitro groups is 1. The molecule has 0 amide bonds. The van der Waals surface area contributed by atoms with E-state index >= 15 is 0 Å². The predicted octanol–water partition coefficient (Wildman–Crippen LogP) is 3.21. The minimum Gasteiger partial charge on any atom is -0.487 e. The van der Waals surface area contributed by atoms with Crippen LogP contribution < -0.4 is 4.74 Å². The Morgan fingerprint density at radius 1 is 1.38 bits per heavy atom. The molecule has 24 heavy (non-hydrogen) atoms. The molecule has 1 heterocycles. The summed E-state index contributed by atoms with van der Waals surface area (Å²) in [6.45, 7) is 2.28. The highest BCUT2D eigenvalue weighted by Crippen LogP contribution is 2.38. The zero-order valence-electron chi connectivity index (χ0n) is 13.5. The average molecular weight is 403 g/mol. The van der Waals surface area contributed by atoms with Gasteiger partial charge in [0.05, 0.1) is 36.3 Å². The normalized spacial score (nSPS) is 18.5. The molecule has 8 heteroatoms. The number of halogens is 1. The Morgan fingerprint density at radius 3 is 2.88 bits per heavy atom. The number of unbranched alkanes of at least 4 members (excludes halogenated alkanes) is 3. The topological polar surface area (TPSA) is 85.1 Å². The van der Waals surface area contributed by atoms with Crippen LogP contribution in [0.4, 0.5) is 5.69 Å². The Morgan fingerprint density at radius 2 is 2.17 bits per heavy atom. The fourth-order valence-electron chi connectivity index (χ4n) is 2.69. The SMILES string of the molecule is O=[N+]([O-])c1c(OCCCCCCO)cccc1C1COCCN1Br. The summed E-state index contributed by atoms with van der Waals surface area (Å²) < 4.78 is 13.0. The highest BCUT2D eigenvalue weighted by molar-refractivity contribution is 9.07. The average Bonchev–Trinajstić information content (AvgIpc) is 2.58. The van der Waals surface area contributed by atoms with Crippen molar-refractivity contribution in [2.45, 2.75) is 31.7 Å². The van der Waals surface area contributed by atoms with Gasteiger partial charge in [-0.15, -0.1) is 0 Å². The first-order chi connectivity index (χ1) is 11.6. The van der Waals surface area contributed by atoms with Gasteiger partial charge in [-0.1, -0.05) is 18.6 Å². The first kappa shape index (κ1) is 19.1. The van der Waals surface area contributed by atoms with Crippen LogP contribution in [0.3, 0.4) is 0 Å². The number of nitrogens with zero attached hydrogens (tertiary/aromatic N) is 2. The number of benzene rings is 1. The molecule has 7 nitrogen and oxygen atoms in total. The Labute approximate surface area is 150 Å². The maximum absolute atomic E-state index is 11.6. The quantitative estimate of drug-likeness (QED) is 0.295. The number of morpholine rings is 1. The van der Waals surface area contributed by atoms with Crippen LogP contribution in [0, 0.1) is 10.1 Å². The summed E-state index contributed by atoms with van der Waals surface area (Å²) >= 11 is 3.46. The first-order valence-corrected chi connectivity index (χ1v) is 8.87. The lowest BCUT2D eigenvalue weighted by atomic mass is 10.0. The Balaban J connectivity index is 2.08. The second kappa shape index (κ2) is 9.93. The lowest BCUT2D eigenvalue weighted by molar-refractivity contribution is -0.387. The standard InChI is InChI=1S/C16H23BrN2O5/c17-18-8-11-23-12-14(18)13-6-5-7-15(16(13)19(21)22)24-10-4-2-1-3-9-20/h5-7,14,20H,1-4,8-12H2. The number of rotatable bonds is 9. The second-order valence-corrected chi connectivity index (χ2v) is 6.56. The number of hydrogen-bond donors (Lipinski definition) is 1. The smallest absolute Gasteiger partial charge is 0.315 e. The van der Waals surface area contributed by atoms with Gasteiger partial charge in [0.25, 0.3) is 0 Å². The molecule has 1 N–H and O–H groups in total. The third-order valence-electron chi connectivity index (χ3n) is 3.94. The molecule has 0 aliphatic carbocycles. The van der Waals surface area contributed by atoms with Gasteiger partial charge in [-0.3, -0.25) is 10.1 Å². The molecular weight excluding hydrogens is 380 g/mol. The first-order valence-electron chi connectivity index (χ1n) is 8.16. The fraction of sp³-hybridized carbons (Fsp3) is 0.625. The zero-order chi connectivity index (χ0) is 17.4. The molecule has 0 saturated carbocycles. The number of ether oxygens (including phenoxy) is 2. The largest absolute Gasteiger partial charge is 0.487 e. The lowest BCUT2D eigenvalue weighted by Crippen LogP contribution is -2.33. The summed E-state index contributed by atoms with van der Waals surface area (Å²) in [6, 6.07) is 4.95. The monoisotopic (exact) mass is 402 g/mol. The minimum atomic E-state index is -0.383. The molecule has 0 radical (unpaired) electrons. The van der Waals surface area contributed by atoms with Crippen molar-refractivity contribution in [3.63, 3.8) is 0 Å². The van der Waals surface area contributed by atoms with Crippen molar-refractivity contribution in [1.82, 2.24) is 3.93 Å². The van der Waals surface area contributed by atoms with Gasteiger partial charge in [0.1, 0.15) is 0 Å². The summed E-state index contributed by atoms with van der Waals surface area (Å²) in [5.41, 5.74) is 0.599. The molecule has 1 aliphatic heterocycles. The van der Waals surface area contributed by atoms with Gasteiger partial charge >= 0.3 is 5.69 Å². The van der Waals surface area contributed by atoms with E-state index in [-0.39, 0.29) is 23.3 Å². The number of aliphatic hydroxyl groups is 1. The van der Waals surface area contributed by atoms with E-state index in [2.05, 4.69) is 16.1 Å². The van der Waals surface area contributed by atoms with Gasteiger partial charge in [0.2, 0.25) is 0 Å². The molecule has 0 aromatic heterocycles. The van der Waals surface area contributed by atoms with Gasteiger partial charge < -0.3 is 14.6 Å². The van der Waals surface area contributed by atoms with E-state index in [9.17, 15) is 10.1 Å². The van der Waals surface area contributed by atoms with E-state index in [1.54, 1.807) is 18.2 Å². The van der Waals surface area contributed by atoms with Crippen molar-refractivity contribution in [2.75, 3.05) is 33.0 Å². The number of para-hydroxylation sites is 1. The number of hydrogen-bond acceptors (Lipinski definition) is 6. The maximum atomic E-state index is 11.6. The van der Waals surface area contributed by atoms with Crippen LogP contribution in [0.1, 0.15) is 37.3 Å². The third-order valence-corrected chi connectivity index (χ3v) is 4.79. The lowest BCUT2D eigenvalue weighted by Gasteiger charge is -2.30. The van der Waals surface area contributed by atoms with Crippen LogP contribution in [0.2, 0.25) is 0 Å². The highest BCUT2D eigenvalue weighted by Gasteiger charge is 2.31. The predicted molar refractivity (Wildman–Crippen MR) is 93.3 cm³/mol. The molecule has 134 valence electrons. The second-order valence-electron chi connectivity index (χ2n) is 5.65. The van der Waals surface area contributed by atoms with Crippen LogP contribution in [0.5, 0.6) is 5.75 Å². The van der Waals surface area contributed by atoms with Gasteiger partial charge in [-0.25, -0.2) is 3.93 Å². The molecule has 0 bridgehead atoms. The molecule has 1 fully saturated rings. The molecule has 1 aliphatic rings. The van der Waals surface area contributed by atoms with E-state index in [1.165, 1.54) is 0 Å². The van der Waals surface area contributed by atoms with Gasteiger partial charge in [-0.05, 0) is 25.3 Å². The maximum Gasteiger partial charge on any atom is 0.315 e. The highest BCUT2D eigenvalue weighted by atomic mass is 79.9. The van der Waals surface area contributed by atoms with Crippen LogP contribution >= 0.6 is 16.1 Å². The van der Waals surface area contributed by atoms with Crippen LogP contribution in [-0.4, -0.2) is 46.9 Å². The summed E-state index contributed by atoms with van der Waals surface area (Å²) in [5.74, 6) is 0.297. The van der Waals surface area contributed by atoms with Crippen molar-refractivity contribution < 1.29 is 19.5 Å². The summed E-state index contributed by atoms with van der Waals surface area (Å²) in [6.07, 6.45) is 3.44. The van der Waals surface area contributed by atoms with Crippen molar-refractivity contribution in [1.29, 1.82) is 0 Å². The van der Waals surface area contributed by atoms with Crippen LogP contribution in [0.15, 0.2) is 18.2 Å². The van der Waals surface area contributed by atoms with E-state index in [0.717, 1.165) is 25.7 Å². The van der Waals surface area contributed by atoms with Gasteiger partial charge in [0, 0.05) is 29.3 Å². The fourth-order valence-corrected chi connectivity index (χ4v) is 3.18. The van der Waals surface area contributed by atoms with Crippen LogP contribution in [-0.2, 0) is 4.74 Å². The van der Waals surface area contributed by atoms with Crippen molar-refractivity contribution in [3.05, 3.63) is 33.9 Å². The van der Waals surface area contributed by atoms with Gasteiger partial charge in [-0.2, -0.15) is 0 Å². The van der Waals surface area contributed by atoms with Crippen molar-refractivity contribution >= 4 is 21.8 Å². The molecular formula is C16H23BrN2O5. The number of nitro benzene ring substituents is 1. The van der Waals surface area contributed by atoms with Crippen molar-refractivity contribution in [3.8, 4) is 5.75 Å². The van der Waals surface area contributed by atoms with Gasteiger partial charge in [0.15, 0.2) is 5.75 Å². The molecule has 1 saturated heterocycles. The molecule has 1 atom stereocenters. The molecule has 2 rings (SSSR count).